The van der Waals surface area contributed by atoms with Gasteiger partial charge in [0, 0.05) is 5.56 Å². The fraction of sp³-hybridized carbons (Fsp3) is 0.200. The van der Waals surface area contributed by atoms with Gasteiger partial charge in [-0.1, -0.05) is 0 Å². The SMILES string of the molecule is COc1c(C)cc(C=O)cc1C(=O)O. The van der Waals surface area contributed by atoms with Gasteiger partial charge in [0.15, 0.2) is 0 Å². The number of hydrogen-bond acceptors (Lipinski definition) is 3. The van der Waals surface area contributed by atoms with Crippen molar-refractivity contribution in [3.05, 3.63) is 28.8 Å². The molecule has 0 amide bonds. The van der Waals surface area contributed by atoms with Gasteiger partial charge in [0.1, 0.15) is 17.6 Å². The number of aldehydes is 1. The molecule has 0 saturated heterocycles. The zero-order valence-corrected chi connectivity index (χ0v) is 7.90. The third-order valence-corrected chi connectivity index (χ3v) is 1.87. The van der Waals surface area contributed by atoms with E-state index in [9.17, 15) is 9.59 Å². The van der Waals surface area contributed by atoms with E-state index >= 15 is 0 Å². The van der Waals surface area contributed by atoms with E-state index in [0.717, 1.165) is 0 Å². The van der Waals surface area contributed by atoms with E-state index in [4.69, 9.17) is 9.84 Å². The Labute approximate surface area is 81.1 Å². The molecule has 0 saturated carbocycles. The molecule has 0 aliphatic carbocycles. The summed E-state index contributed by atoms with van der Waals surface area (Å²) < 4.78 is 4.94. The van der Waals surface area contributed by atoms with E-state index in [1.807, 2.05) is 0 Å². The summed E-state index contributed by atoms with van der Waals surface area (Å²) in [7, 11) is 1.40. The number of ether oxygens (including phenoxy) is 1. The number of rotatable bonds is 3. The summed E-state index contributed by atoms with van der Waals surface area (Å²) in [5, 5.41) is 8.85. The Morgan fingerprint density at radius 2 is 2.14 bits per heavy atom. The van der Waals surface area contributed by atoms with Gasteiger partial charge in [0.2, 0.25) is 0 Å². The predicted molar refractivity (Wildman–Crippen MR) is 50.1 cm³/mol. The van der Waals surface area contributed by atoms with Gasteiger partial charge in [-0.05, 0) is 24.6 Å². The number of benzene rings is 1. The maximum absolute atomic E-state index is 10.8. The summed E-state index contributed by atoms with van der Waals surface area (Å²) in [6.07, 6.45) is 0.610. The van der Waals surface area contributed by atoms with Crippen LogP contribution in [0.4, 0.5) is 0 Å². The third-order valence-electron chi connectivity index (χ3n) is 1.87. The molecule has 0 aromatic heterocycles. The normalized spacial score (nSPS) is 9.57. The average molecular weight is 194 g/mol. The molecule has 0 atom stereocenters. The summed E-state index contributed by atoms with van der Waals surface area (Å²) in [6.45, 7) is 1.69. The van der Waals surface area contributed by atoms with Crippen molar-refractivity contribution in [1.29, 1.82) is 0 Å². The lowest BCUT2D eigenvalue weighted by atomic mass is 10.1. The van der Waals surface area contributed by atoms with E-state index in [0.29, 0.717) is 23.2 Å². The van der Waals surface area contributed by atoms with Crippen LogP contribution in [0.3, 0.4) is 0 Å². The van der Waals surface area contributed by atoms with Crippen LogP contribution in [0.1, 0.15) is 26.3 Å². The van der Waals surface area contributed by atoms with Crippen molar-refractivity contribution < 1.29 is 19.4 Å². The second-order valence-electron chi connectivity index (χ2n) is 2.84. The second-order valence-corrected chi connectivity index (χ2v) is 2.84. The number of carboxylic acids is 1. The van der Waals surface area contributed by atoms with Crippen molar-refractivity contribution in [3.63, 3.8) is 0 Å². The van der Waals surface area contributed by atoms with Gasteiger partial charge in [-0.2, -0.15) is 0 Å². The quantitative estimate of drug-likeness (QED) is 0.741. The minimum absolute atomic E-state index is 0.00889. The predicted octanol–water partition coefficient (Wildman–Crippen LogP) is 1.51. The highest BCUT2D eigenvalue weighted by Crippen LogP contribution is 2.24. The maximum atomic E-state index is 10.8. The first-order valence-electron chi connectivity index (χ1n) is 3.97. The van der Waals surface area contributed by atoms with Crippen molar-refractivity contribution in [2.75, 3.05) is 7.11 Å². The van der Waals surface area contributed by atoms with Gasteiger partial charge in [-0.15, -0.1) is 0 Å². The van der Waals surface area contributed by atoms with Crippen LogP contribution in [0, 0.1) is 6.92 Å². The summed E-state index contributed by atoms with van der Waals surface area (Å²) >= 11 is 0. The van der Waals surface area contributed by atoms with Crippen molar-refractivity contribution >= 4 is 12.3 Å². The van der Waals surface area contributed by atoms with E-state index in [1.165, 1.54) is 13.2 Å². The molecular weight excluding hydrogens is 184 g/mol. The molecule has 0 aliphatic rings. The van der Waals surface area contributed by atoms with Crippen LogP contribution in [0.5, 0.6) is 5.75 Å². The number of hydrogen-bond donors (Lipinski definition) is 1. The average Bonchev–Trinajstić information content (AvgIpc) is 2.16. The molecular formula is C10H10O4. The van der Waals surface area contributed by atoms with Gasteiger partial charge < -0.3 is 9.84 Å². The van der Waals surface area contributed by atoms with Gasteiger partial charge in [-0.3, -0.25) is 4.79 Å². The number of aryl methyl sites for hydroxylation is 1. The van der Waals surface area contributed by atoms with Crippen LogP contribution in [-0.4, -0.2) is 24.5 Å². The molecule has 0 aliphatic heterocycles. The standard InChI is InChI=1S/C10H10O4/c1-6-3-7(5-11)4-8(10(12)13)9(6)14-2/h3-5H,1-2H3,(H,12,13). The number of aromatic carboxylic acids is 1. The number of methoxy groups -OCH3 is 1. The Morgan fingerprint density at radius 3 is 2.57 bits per heavy atom. The van der Waals surface area contributed by atoms with Gasteiger partial charge in [0.05, 0.1) is 7.11 Å². The molecule has 0 bridgehead atoms. The Bertz CT molecular complexity index is 382. The summed E-state index contributed by atoms with van der Waals surface area (Å²) in [4.78, 5) is 21.3. The van der Waals surface area contributed by atoms with E-state index < -0.39 is 5.97 Å². The highest BCUT2D eigenvalue weighted by Gasteiger charge is 2.14. The fourth-order valence-corrected chi connectivity index (χ4v) is 1.30. The minimum atomic E-state index is -1.10. The molecule has 14 heavy (non-hydrogen) atoms. The van der Waals surface area contributed by atoms with Crippen LogP contribution < -0.4 is 4.74 Å². The molecule has 0 spiro atoms. The monoisotopic (exact) mass is 194 g/mol. The molecule has 4 nitrogen and oxygen atoms in total. The Morgan fingerprint density at radius 1 is 1.50 bits per heavy atom. The molecule has 0 heterocycles. The number of carbonyl (C=O) groups excluding carboxylic acids is 1. The van der Waals surface area contributed by atoms with Crippen molar-refractivity contribution in [2.24, 2.45) is 0 Å². The van der Waals surface area contributed by atoms with Gasteiger partial charge in [0.25, 0.3) is 0 Å². The van der Waals surface area contributed by atoms with Crippen molar-refractivity contribution in [1.82, 2.24) is 0 Å². The van der Waals surface area contributed by atoms with Crippen LogP contribution in [0.2, 0.25) is 0 Å². The molecule has 0 fully saturated rings. The zero-order chi connectivity index (χ0) is 10.7. The molecule has 1 N–H and O–H groups in total. The molecule has 74 valence electrons. The molecule has 1 aromatic carbocycles. The lowest BCUT2D eigenvalue weighted by molar-refractivity contribution is 0.0693. The van der Waals surface area contributed by atoms with E-state index in [-0.39, 0.29) is 5.56 Å². The van der Waals surface area contributed by atoms with Gasteiger partial charge >= 0.3 is 5.97 Å². The highest BCUT2D eigenvalue weighted by molar-refractivity contribution is 5.93. The molecule has 0 unspecified atom stereocenters. The van der Waals surface area contributed by atoms with Crippen LogP contribution >= 0.6 is 0 Å². The van der Waals surface area contributed by atoms with Gasteiger partial charge in [-0.25, -0.2) is 4.79 Å². The Hall–Kier alpha value is -1.84. The third kappa shape index (κ3) is 1.74. The highest BCUT2D eigenvalue weighted by atomic mass is 16.5. The summed E-state index contributed by atoms with van der Waals surface area (Å²) in [5.74, 6) is -0.809. The number of carboxylic acid groups (broad SMARTS) is 1. The maximum Gasteiger partial charge on any atom is 0.339 e. The lowest BCUT2D eigenvalue weighted by Crippen LogP contribution is -2.03. The van der Waals surface area contributed by atoms with Crippen LogP contribution in [0.25, 0.3) is 0 Å². The molecule has 0 radical (unpaired) electrons. The fourth-order valence-electron chi connectivity index (χ4n) is 1.30. The number of carbonyl (C=O) groups is 2. The Balaban J connectivity index is 3.42. The zero-order valence-electron chi connectivity index (χ0n) is 7.90. The summed E-state index contributed by atoms with van der Waals surface area (Å²) in [6, 6.07) is 2.87. The van der Waals surface area contributed by atoms with Crippen molar-refractivity contribution in [2.45, 2.75) is 6.92 Å². The van der Waals surface area contributed by atoms with E-state index in [2.05, 4.69) is 0 Å². The smallest absolute Gasteiger partial charge is 0.339 e. The second kappa shape index (κ2) is 3.91. The van der Waals surface area contributed by atoms with E-state index in [1.54, 1.807) is 13.0 Å². The van der Waals surface area contributed by atoms with Crippen LogP contribution in [0.15, 0.2) is 12.1 Å². The minimum Gasteiger partial charge on any atom is -0.496 e. The molecule has 1 rings (SSSR count). The first-order valence-corrected chi connectivity index (χ1v) is 3.97. The molecule has 4 heteroatoms. The summed E-state index contributed by atoms with van der Waals surface area (Å²) in [5.41, 5.74) is 0.977. The first kappa shape index (κ1) is 10.2. The first-order chi connectivity index (χ1) is 6.60. The van der Waals surface area contributed by atoms with Crippen LogP contribution in [-0.2, 0) is 0 Å². The Kier molecular flexibility index (Phi) is 2.86. The lowest BCUT2D eigenvalue weighted by Gasteiger charge is -2.08. The largest absolute Gasteiger partial charge is 0.496 e. The molecule has 1 aromatic rings. The topological polar surface area (TPSA) is 63.6 Å². The van der Waals surface area contributed by atoms with Crippen molar-refractivity contribution in [3.8, 4) is 5.75 Å².